The summed E-state index contributed by atoms with van der Waals surface area (Å²) in [5.41, 5.74) is 4.39. The molecule has 1 N–H and O–H groups in total. The largest absolute Gasteiger partial charge is 0.327 e. The second-order valence-corrected chi connectivity index (χ2v) is 5.54. The molecule has 0 saturated carbocycles. The molecule has 0 aliphatic rings. The van der Waals surface area contributed by atoms with Gasteiger partial charge in [-0.1, -0.05) is 30.3 Å². The molecular formula is C18H15N3O. The number of imidazole rings is 1. The smallest absolute Gasteiger partial charge is 0.259 e. The summed E-state index contributed by atoms with van der Waals surface area (Å²) in [4.78, 5) is 20.1. The van der Waals surface area contributed by atoms with Crippen molar-refractivity contribution >= 4 is 21.9 Å². The molecular weight excluding hydrogens is 274 g/mol. The van der Waals surface area contributed by atoms with Crippen molar-refractivity contribution in [1.29, 1.82) is 0 Å². The molecule has 0 unspecified atom stereocenters. The van der Waals surface area contributed by atoms with Gasteiger partial charge in [-0.05, 0) is 36.1 Å². The van der Waals surface area contributed by atoms with Gasteiger partial charge in [-0.3, -0.25) is 4.79 Å². The Morgan fingerprint density at radius 1 is 1.09 bits per heavy atom. The lowest BCUT2D eigenvalue weighted by Crippen LogP contribution is -2.11. The van der Waals surface area contributed by atoms with E-state index in [0.29, 0.717) is 11.4 Å². The van der Waals surface area contributed by atoms with Crippen molar-refractivity contribution in [3.63, 3.8) is 0 Å². The van der Waals surface area contributed by atoms with Gasteiger partial charge >= 0.3 is 0 Å². The van der Waals surface area contributed by atoms with Gasteiger partial charge in [0.25, 0.3) is 5.56 Å². The van der Waals surface area contributed by atoms with E-state index in [1.165, 1.54) is 0 Å². The maximum absolute atomic E-state index is 12.4. The molecule has 0 amide bonds. The molecule has 4 heteroatoms. The summed E-state index contributed by atoms with van der Waals surface area (Å²) in [6, 6.07) is 15.7. The zero-order valence-corrected chi connectivity index (χ0v) is 12.4. The number of para-hydroxylation sites is 2. The topological polar surface area (TPSA) is 50.7 Å². The highest BCUT2D eigenvalue weighted by atomic mass is 16.1. The average molecular weight is 289 g/mol. The number of rotatable bonds is 1. The van der Waals surface area contributed by atoms with Crippen LogP contribution in [0, 0.1) is 6.92 Å². The van der Waals surface area contributed by atoms with Crippen LogP contribution in [0.15, 0.2) is 53.3 Å². The van der Waals surface area contributed by atoms with Crippen LogP contribution in [0.1, 0.15) is 5.56 Å². The van der Waals surface area contributed by atoms with E-state index in [-0.39, 0.29) is 5.56 Å². The number of hydrogen-bond donors (Lipinski definition) is 1. The van der Waals surface area contributed by atoms with Crippen LogP contribution in [0.2, 0.25) is 0 Å². The van der Waals surface area contributed by atoms with E-state index in [1.807, 2.05) is 67.1 Å². The minimum atomic E-state index is -0.116. The molecule has 0 radical (unpaired) electrons. The van der Waals surface area contributed by atoms with Gasteiger partial charge in [0, 0.05) is 12.6 Å². The monoisotopic (exact) mass is 289 g/mol. The van der Waals surface area contributed by atoms with Gasteiger partial charge in [-0.15, -0.1) is 0 Å². The molecule has 4 rings (SSSR count). The first-order valence-corrected chi connectivity index (χ1v) is 7.19. The third-order valence-electron chi connectivity index (χ3n) is 4.11. The van der Waals surface area contributed by atoms with E-state index in [9.17, 15) is 4.79 Å². The lowest BCUT2D eigenvalue weighted by atomic mass is 10.1. The zero-order valence-electron chi connectivity index (χ0n) is 12.4. The van der Waals surface area contributed by atoms with Crippen LogP contribution < -0.4 is 5.56 Å². The highest BCUT2D eigenvalue weighted by molar-refractivity contribution is 5.86. The fourth-order valence-corrected chi connectivity index (χ4v) is 2.91. The molecule has 2 aromatic heterocycles. The highest BCUT2D eigenvalue weighted by Crippen LogP contribution is 2.25. The second kappa shape index (κ2) is 4.56. The fourth-order valence-electron chi connectivity index (χ4n) is 2.91. The Bertz CT molecular complexity index is 1070. The molecule has 22 heavy (non-hydrogen) atoms. The Kier molecular flexibility index (Phi) is 2.66. The molecule has 0 atom stereocenters. The maximum atomic E-state index is 12.4. The number of aryl methyl sites for hydroxylation is 2. The Morgan fingerprint density at radius 2 is 1.91 bits per heavy atom. The Labute approximate surface area is 127 Å². The minimum absolute atomic E-state index is 0.116. The van der Waals surface area contributed by atoms with Gasteiger partial charge in [0.2, 0.25) is 0 Å². The molecule has 0 fully saturated rings. The molecule has 0 aliphatic carbocycles. The Hall–Kier alpha value is -2.88. The number of hydrogen-bond acceptors (Lipinski definition) is 2. The lowest BCUT2D eigenvalue weighted by Gasteiger charge is -2.04. The lowest BCUT2D eigenvalue weighted by molar-refractivity contribution is 0.955. The maximum Gasteiger partial charge on any atom is 0.259 e. The van der Waals surface area contributed by atoms with Crippen LogP contribution in [0.25, 0.3) is 33.3 Å². The average Bonchev–Trinajstić information content (AvgIpc) is 2.85. The molecule has 0 aliphatic heterocycles. The van der Waals surface area contributed by atoms with Crippen LogP contribution in [-0.2, 0) is 7.05 Å². The number of fused-ring (bicyclic) bond motifs is 2. The van der Waals surface area contributed by atoms with E-state index in [2.05, 4.69) is 4.98 Å². The summed E-state index contributed by atoms with van der Waals surface area (Å²) in [6.07, 6.45) is 0. The van der Waals surface area contributed by atoms with Gasteiger partial charge in [-0.2, -0.15) is 0 Å². The number of aromatic amines is 1. The predicted octanol–water partition coefficient (Wildman–Crippen LogP) is 3.39. The number of H-pyrrole nitrogens is 1. The first-order chi connectivity index (χ1) is 10.6. The van der Waals surface area contributed by atoms with Crippen LogP contribution in [-0.4, -0.2) is 14.5 Å². The van der Waals surface area contributed by atoms with Crippen molar-refractivity contribution in [1.82, 2.24) is 14.5 Å². The molecule has 4 nitrogen and oxygen atoms in total. The third-order valence-corrected chi connectivity index (χ3v) is 4.11. The number of nitrogens with one attached hydrogen (secondary N) is 1. The second-order valence-electron chi connectivity index (χ2n) is 5.54. The van der Waals surface area contributed by atoms with Gasteiger partial charge in [-0.25, -0.2) is 4.98 Å². The molecule has 0 bridgehead atoms. The van der Waals surface area contributed by atoms with Crippen LogP contribution in [0.4, 0.5) is 0 Å². The predicted molar refractivity (Wildman–Crippen MR) is 89.0 cm³/mol. The van der Waals surface area contributed by atoms with Crippen LogP contribution in [0.3, 0.4) is 0 Å². The summed E-state index contributed by atoms with van der Waals surface area (Å²) >= 11 is 0. The number of nitrogens with zero attached hydrogens (tertiary/aromatic N) is 2. The van der Waals surface area contributed by atoms with E-state index in [4.69, 9.17) is 4.98 Å². The van der Waals surface area contributed by atoms with Crippen molar-refractivity contribution in [2.24, 2.45) is 7.05 Å². The van der Waals surface area contributed by atoms with E-state index < -0.39 is 0 Å². The Morgan fingerprint density at radius 3 is 2.73 bits per heavy atom. The van der Waals surface area contributed by atoms with Gasteiger partial charge < -0.3 is 9.55 Å². The molecule has 2 heterocycles. The molecule has 0 spiro atoms. The van der Waals surface area contributed by atoms with Gasteiger partial charge in [0.15, 0.2) is 0 Å². The zero-order chi connectivity index (χ0) is 15.3. The Balaban J connectivity index is 2.07. The minimum Gasteiger partial charge on any atom is -0.327 e. The third kappa shape index (κ3) is 1.77. The summed E-state index contributed by atoms with van der Waals surface area (Å²) in [7, 11) is 1.94. The van der Waals surface area contributed by atoms with Crippen molar-refractivity contribution in [3.8, 4) is 11.4 Å². The molecule has 4 aromatic rings. The van der Waals surface area contributed by atoms with Gasteiger partial charge in [0.05, 0.1) is 16.6 Å². The van der Waals surface area contributed by atoms with Crippen molar-refractivity contribution < 1.29 is 0 Å². The van der Waals surface area contributed by atoms with Gasteiger partial charge in [0.1, 0.15) is 5.82 Å². The summed E-state index contributed by atoms with van der Waals surface area (Å²) in [5, 5.41) is 1.00. The summed E-state index contributed by atoms with van der Waals surface area (Å²) < 4.78 is 1.97. The number of benzene rings is 2. The van der Waals surface area contributed by atoms with Crippen molar-refractivity contribution in [3.05, 3.63) is 64.4 Å². The molecule has 108 valence electrons. The standard InChI is InChI=1S/C18H15N3O/c1-11-6-5-9-15-16(11)20-17(21(15)2)13-10-12-7-3-4-8-14(12)19-18(13)22/h3-10H,1-2H3,(H,19,22). The first-order valence-electron chi connectivity index (χ1n) is 7.19. The molecule has 0 saturated heterocycles. The molecule has 2 aromatic carbocycles. The van der Waals surface area contributed by atoms with Crippen LogP contribution in [0.5, 0.6) is 0 Å². The normalized spacial score (nSPS) is 11.4. The summed E-state index contributed by atoms with van der Waals surface area (Å²) in [6.45, 7) is 2.03. The number of pyridine rings is 1. The summed E-state index contributed by atoms with van der Waals surface area (Å²) in [5.74, 6) is 0.691. The van der Waals surface area contributed by atoms with E-state index in [0.717, 1.165) is 27.5 Å². The fraction of sp³-hybridized carbons (Fsp3) is 0.111. The van der Waals surface area contributed by atoms with E-state index >= 15 is 0 Å². The number of aromatic nitrogens is 3. The SMILES string of the molecule is Cc1cccc2c1nc(-c1cc3ccccc3[nH]c1=O)n2C. The quantitative estimate of drug-likeness (QED) is 0.584. The first kappa shape index (κ1) is 12.8. The highest BCUT2D eigenvalue weighted by Gasteiger charge is 2.14. The van der Waals surface area contributed by atoms with Crippen molar-refractivity contribution in [2.45, 2.75) is 6.92 Å². The van der Waals surface area contributed by atoms with E-state index in [1.54, 1.807) is 0 Å². The van der Waals surface area contributed by atoms with Crippen molar-refractivity contribution in [2.75, 3.05) is 0 Å². The van der Waals surface area contributed by atoms with Crippen LogP contribution >= 0.6 is 0 Å².